The van der Waals surface area contributed by atoms with E-state index in [0.717, 1.165) is 6.42 Å². The van der Waals surface area contributed by atoms with Crippen molar-refractivity contribution in [2.75, 3.05) is 25.1 Å². The number of aliphatic hydroxyl groups excluding tert-OH is 2. The van der Waals surface area contributed by atoms with Crippen molar-refractivity contribution in [2.24, 2.45) is 0 Å². The van der Waals surface area contributed by atoms with Crippen LogP contribution in [0.15, 0.2) is 18.2 Å². The van der Waals surface area contributed by atoms with Crippen LogP contribution in [0, 0.1) is 10.1 Å². The summed E-state index contributed by atoms with van der Waals surface area (Å²) in [5.74, 6) is 0.190. The number of nitrogens with zero attached hydrogens (tertiary/aromatic N) is 1. The van der Waals surface area contributed by atoms with E-state index >= 15 is 0 Å². The van der Waals surface area contributed by atoms with Gasteiger partial charge in [-0.1, -0.05) is 13.0 Å². The predicted octanol–water partition coefficient (Wildman–Crippen LogP) is 1.15. The van der Waals surface area contributed by atoms with Crippen LogP contribution in [0.1, 0.15) is 13.3 Å². The van der Waals surface area contributed by atoms with E-state index in [-0.39, 0.29) is 23.7 Å². The molecule has 0 saturated heterocycles. The molecule has 0 spiro atoms. The van der Waals surface area contributed by atoms with Gasteiger partial charge in [0, 0.05) is 6.54 Å². The summed E-state index contributed by atoms with van der Waals surface area (Å²) in [6.45, 7) is 1.91. The molecule has 3 N–H and O–H groups in total. The summed E-state index contributed by atoms with van der Waals surface area (Å²) in [7, 11) is 0. The summed E-state index contributed by atoms with van der Waals surface area (Å²) >= 11 is 0. The van der Waals surface area contributed by atoms with Crippen molar-refractivity contribution in [3.8, 4) is 5.75 Å². The molecule has 0 aliphatic rings. The highest BCUT2D eigenvalue weighted by atomic mass is 16.6. The van der Waals surface area contributed by atoms with E-state index < -0.39 is 17.6 Å². The SMILES string of the molecule is CCCOc1cccc(NCC(O)CO)c1[N+](=O)[O-]. The quantitative estimate of drug-likeness (QED) is 0.483. The number of rotatable bonds is 8. The van der Waals surface area contributed by atoms with Gasteiger partial charge in [0.2, 0.25) is 0 Å². The lowest BCUT2D eigenvalue weighted by Gasteiger charge is -2.12. The molecule has 0 amide bonds. The molecule has 1 aromatic carbocycles. The normalized spacial score (nSPS) is 11.9. The Morgan fingerprint density at radius 2 is 2.26 bits per heavy atom. The molecule has 1 aromatic rings. The van der Waals surface area contributed by atoms with E-state index in [0.29, 0.717) is 6.61 Å². The summed E-state index contributed by atoms with van der Waals surface area (Å²) in [5, 5.41) is 31.8. The summed E-state index contributed by atoms with van der Waals surface area (Å²) in [5.41, 5.74) is 0.0900. The molecule has 0 bridgehead atoms. The second-order valence-corrected chi connectivity index (χ2v) is 3.98. The lowest BCUT2D eigenvalue weighted by molar-refractivity contribution is -0.385. The molecule has 1 atom stereocenters. The zero-order valence-electron chi connectivity index (χ0n) is 10.7. The van der Waals surface area contributed by atoms with Crippen molar-refractivity contribution in [1.82, 2.24) is 0 Å². The summed E-state index contributed by atoms with van der Waals surface area (Å²) in [6, 6.07) is 4.69. The average molecular weight is 270 g/mol. The van der Waals surface area contributed by atoms with E-state index in [2.05, 4.69) is 5.32 Å². The van der Waals surface area contributed by atoms with E-state index in [1.165, 1.54) is 12.1 Å². The molecule has 0 heterocycles. The molecule has 0 aromatic heterocycles. The third-order valence-corrected chi connectivity index (χ3v) is 2.38. The molecule has 106 valence electrons. The van der Waals surface area contributed by atoms with Crippen LogP contribution in [0.2, 0.25) is 0 Å². The number of anilines is 1. The molecule has 19 heavy (non-hydrogen) atoms. The number of aliphatic hydroxyl groups is 2. The minimum Gasteiger partial charge on any atom is -0.487 e. The van der Waals surface area contributed by atoms with Crippen LogP contribution >= 0.6 is 0 Å². The molecule has 7 heteroatoms. The Morgan fingerprint density at radius 1 is 1.53 bits per heavy atom. The van der Waals surface area contributed by atoms with Crippen molar-refractivity contribution in [2.45, 2.75) is 19.4 Å². The number of hydrogen-bond donors (Lipinski definition) is 3. The number of nitrogens with one attached hydrogen (secondary N) is 1. The highest BCUT2D eigenvalue weighted by Crippen LogP contribution is 2.34. The van der Waals surface area contributed by atoms with Crippen LogP contribution < -0.4 is 10.1 Å². The second-order valence-electron chi connectivity index (χ2n) is 3.98. The number of nitro groups is 1. The van der Waals surface area contributed by atoms with Crippen LogP contribution in [0.3, 0.4) is 0 Å². The van der Waals surface area contributed by atoms with Gasteiger partial charge in [-0.15, -0.1) is 0 Å². The summed E-state index contributed by atoms with van der Waals surface area (Å²) in [6.07, 6.45) is -0.224. The Labute approximate surface area is 111 Å². The van der Waals surface area contributed by atoms with E-state index in [4.69, 9.17) is 9.84 Å². The minimum absolute atomic E-state index is 0.0224. The average Bonchev–Trinajstić information content (AvgIpc) is 2.41. The number of para-hydroxylation sites is 1. The Kier molecular flexibility index (Phi) is 6.04. The molecule has 1 unspecified atom stereocenters. The molecule has 0 aliphatic heterocycles. The molecular weight excluding hydrogens is 252 g/mol. The maximum atomic E-state index is 11.1. The second kappa shape index (κ2) is 7.55. The molecular formula is C12H18N2O5. The summed E-state index contributed by atoms with van der Waals surface area (Å²) in [4.78, 5) is 10.6. The van der Waals surface area contributed by atoms with Gasteiger partial charge in [0.05, 0.1) is 24.2 Å². The molecule has 7 nitrogen and oxygen atoms in total. The maximum absolute atomic E-state index is 11.1. The largest absolute Gasteiger partial charge is 0.487 e. The van der Waals surface area contributed by atoms with Gasteiger partial charge in [0.15, 0.2) is 5.75 Å². The summed E-state index contributed by atoms with van der Waals surface area (Å²) < 4.78 is 5.33. The first-order valence-corrected chi connectivity index (χ1v) is 6.03. The van der Waals surface area contributed by atoms with Gasteiger partial charge in [-0.3, -0.25) is 10.1 Å². The standard InChI is InChI=1S/C12H18N2O5/c1-2-6-19-11-5-3-4-10(12(11)14(17)18)13-7-9(16)8-15/h3-5,9,13,15-16H,2,6-8H2,1H3. The zero-order chi connectivity index (χ0) is 14.3. The topological polar surface area (TPSA) is 105 Å². The van der Waals surface area contributed by atoms with Crippen LogP contribution in [0.25, 0.3) is 0 Å². The number of ether oxygens (including phenoxy) is 1. The molecule has 0 fully saturated rings. The first-order valence-electron chi connectivity index (χ1n) is 6.03. The van der Waals surface area contributed by atoms with Crippen LogP contribution in [0.5, 0.6) is 5.75 Å². The van der Waals surface area contributed by atoms with Crippen molar-refractivity contribution in [1.29, 1.82) is 0 Å². The Morgan fingerprint density at radius 3 is 2.84 bits per heavy atom. The Bertz CT molecular complexity index is 425. The highest BCUT2D eigenvalue weighted by Gasteiger charge is 2.21. The van der Waals surface area contributed by atoms with E-state index in [1.54, 1.807) is 6.07 Å². The number of benzene rings is 1. The van der Waals surface area contributed by atoms with E-state index in [9.17, 15) is 15.2 Å². The lowest BCUT2D eigenvalue weighted by atomic mass is 10.2. The maximum Gasteiger partial charge on any atom is 0.333 e. The van der Waals surface area contributed by atoms with Gasteiger partial charge in [-0.05, 0) is 18.6 Å². The first kappa shape index (κ1) is 15.2. The minimum atomic E-state index is -0.972. The van der Waals surface area contributed by atoms with Gasteiger partial charge in [-0.2, -0.15) is 0 Å². The van der Waals surface area contributed by atoms with Gasteiger partial charge in [0.25, 0.3) is 0 Å². The third kappa shape index (κ3) is 4.38. The fraction of sp³-hybridized carbons (Fsp3) is 0.500. The van der Waals surface area contributed by atoms with Gasteiger partial charge < -0.3 is 20.3 Å². The number of nitro benzene ring substituents is 1. The Balaban J connectivity index is 2.92. The van der Waals surface area contributed by atoms with Crippen molar-refractivity contribution in [3.05, 3.63) is 28.3 Å². The Hall–Kier alpha value is -1.86. The van der Waals surface area contributed by atoms with Crippen molar-refractivity contribution < 1.29 is 19.9 Å². The molecule has 0 aliphatic carbocycles. The lowest BCUT2D eigenvalue weighted by Crippen LogP contribution is -2.23. The first-order chi connectivity index (χ1) is 9.10. The van der Waals surface area contributed by atoms with Gasteiger partial charge in [-0.25, -0.2) is 0 Å². The van der Waals surface area contributed by atoms with Crippen LogP contribution in [-0.4, -0.2) is 41.0 Å². The van der Waals surface area contributed by atoms with Gasteiger partial charge in [0.1, 0.15) is 5.69 Å². The van der Waals surface area contributed by atoms with Crippen molar-refractivity contribution >= 4 is 11.4 Å². The van der Waals surface area contributed by atoms with E-state index in [1.807, 2.05) is 6.92 Å². The predicted molar refractivity (Wildman–Crippen MR) is 70.5 cm³/mol. The third-order valence-electron chi connectivity index (χ3n) is 2.38. The highest BCUT2D eigenvalue weighted by molar-refractivity contribution is 5.68. The molecule has 0 radical (unpaired) electrons. The van der Waals surface area contributed by atoms with Crippen molar-refractivity contribution in [3.63, 3.8) is 0 Å². The number of hydrogen-bond acceptors (Lipinski definition) is 6. The smallest absolute Gasteiger partial charge is 0.333 e. The fourth-order valence-corrected chi connectivity index (χ4v) is 1.47. The molecule has 1 rings (SSSR count). The molecule has 0 saturated carbocycles. The van der Waals surface area contributed by atoms with Gasteiger partial charge >= 0.3 is 5.69 Å². The van der Waals surface area contributed by atoms with Crippen LogP contribution in [-0.2, 0) is 0 Å². The van der Waals surface area contributed by atoms with Crippen LogP contribution in [0.4, 0.5) is 11.4 Å². The monoisotopic (exact) mass is 270 g/mol. The fourth-order valence-electron chi connectivity index (χ4n) is 1.47. The zero-order valence-corrected chi connectivity index (χ0v) is 10.7.